The topological polar surface area (TPSA) is 34.1 Å². The monoisotopic (exact) mass is 184 g/mol. The molecule has 1 aliphatic heterocycles. The number of allylic oxidation sites excluding steroid dienone is 2. The van der Waals surface area contributed by atoms with E-state index in [0.29, 0.717) is 0 Å². The van der Waals surface area contributed by atoms with Gasteiger partial charge in [0.25, 0.3) is 0 Å². The van der Waals surface area contributed by atoms with E-state index in [1.807, 2.05) is 0 Å². The Morgan fingerprint density at radius 1 is 1.33 bits per heavy atom. The maximum Gasteiger partial charge on any atom is 0.212 e. The number of sulfone groups is 1. The van der Waals surface area contributed by atoms with Crippen molar-refractivity contribution in [1.82, 2.24) is 0 Å². The minimum Gasteiger partial charge on any atom is -0.218 e. The molecular formula is C4H2Cl2O2S. The molecule has 0 saturated carbocycles. The standard InChI is InChI=1S/C4H2Cl2O2S/c5-3-1-2-9(7,8)4(3)6/h1-2H. The van der Waals surface area contributed by atoms with Crippen LogP contribution in [0.4, 0.5) is 0 Å². The molecule has 0 radical (unpaired) electrons. The molecule has 0 aromatic rings. The second-order valence-electron chi connectivity index (χ2n) is 1.47. The van der Waals surface area contributed by atoms with Gasteiger partial charge in [0.1, 0.15) is 0 Å². The zero-order valence-corrected chi connectivity index (χ0v) is 6.46. The van der Waals surface area contributed by atoms with E-state index in [4.69, 9.17) is 23.2 Å². The Labute approximate surface area is 62.7 Å². The summed E-state index contributed by atoms with van der Waals surface area (Å²) in [6.07, 6.45) is 1.25. The second-order valence-corrected chi connectivity index (χ2v) is 4.25. The van der Waals surface area contributed by atoms with E-state index in [0.717, 1.165) is 5.41 Å². The molecule has 0 N–H and O–H groups in total. The molecule has 1 rings (SSSR count). The summed E-state index contributed by atoms with van der Waals surface area (Å²) in [7, 11) is -3.34. The molecule has 0 aromatic carbocycles. The van der Waals surface area contributed by atoms with Crippen molar-refractivity contribution in [3.63, 3.8) is 0 Å². The van der Waals surface area contributed by atoms with Crippen LogP contribution < -0.4 is 0 Å². The van der Waals surface area contributed by atoms with E-state index >= 15 is 0 Å². The van der Waals surface area contributed by atoms with Crippen molar-refractivity contribution in [3.8, 4) is 0 Å². The summed E-state index contributed by atoms with van der Waals surface area (Å²) < 4.78 is 20.9. The molecule has 2 nitrogen and oxygen atoms in total. The first-order valence-electron chi connectivity index (χ1n) is 2.02. The molecular weight excluding hydrogens is 183 g/mol. The van der Waals surface area contributed by atoms with Crippen LogP contribution in [0.2, 0.25) is 0 Å². The molecule has 9 heavy (non-hydrogen) atoms. The lowest BCUT2D eigenvalue weighted by Crippen LogP contribution is -1.88. The Morgan fingerprint density at radius 2 is 1.89 bits per heavy atom. The summed E-state index contributed by atoms with van der Waals surface area (Å²) in [6, 6.07) is 0. The van der Waals surface area contributed by atoms with Crippen LogP contribution in [0.15, 0.2) is 20.9 Å². The van der Waals surface area contributed by atoms with Crippen molar-refractivity contribution in [2.75, 3.05) is 0 Å². The summed E-state index contributed by atoms with van der Waals surface area (Å²) in [6.45, 7) is 0. The largest absolute Gasteiger partial charge is 0.218 e. The Morgan fingerprint density at radius 3 is 2.00 bits per heavy atom. The number of hydrogen-bond acceptors (Lipinski definition) is 2. The van der Waals surface area contributed by atoms with Crippen molar-refractivity contribution < 1.29 is 8.42 Å². The minimum absolute atomic E-state index is 0.0802. The van der Waals surface area contributed by atoms with Gasteiger partial charge in [-0.3, -0.25) is 0 Å². The highest BCUT2D eigenvalue weighted by Gasteiger charge is 2.20. The van der Waals surface area contributed by atoms with Crippen LogP contribution in [0, 0.1) is 0 Å². The molecule has 0 aliphatic carbocycles. The highest BCUT2D eigenvalue weighted by atomic mass is 35.5. The molecule has 0 fully saturated rings. The number of hydrogen-bond donors (Lipinski definition) is 0. The first kappa shape index (κ1) is 7.12. The molecule has 1 heterocycles. The van der Waals surface area contributed by atoms with Gasteiger partial charge in [-0.25, -0.2) is 8.42 Å². The van der Waals surface area contributed by atoms with E-state index in [1.54, 1.807) is 0 Å². The zero-order valence-electron chi connectivity index (χ0n) is 4.14. The van der Waals surface area contributed by atoms with Crippen molar-refractivity contribution >= 4 is 33.0 Å². The number of rotatable bonds is 0. The normalized spacial score (nSPS) is 23.3. The Bertz CT molecular complexity index is 286. The van der Waals surface area contributed by atoms with E-state index in [1.165, 1.54) is 6.08 Å². The summed E-state index contributed by atoms with van der Waals surface area (Å²) in [5.74, 6) is 0. The molecule has 0 saturated heterocycles. The SMILES string of the molecule is O=S1(=O)C=CC(Cl)=C1Cl. The first-order chi connectivity index (χ1) is 4.04. The van der Waals surface area contributed by atoms with Crippen molar-refractivity contribution in [1.29, 1.82) is 0 Å². The van der Waals surface area contributed by atoms with E-state index in [-0.39, 0.29) is 9.40 Å². The molecule has 1 aliphatic rings. The average molecular weight is 185 g/mol. The van der Waals surface area contributed by atoms with Gasteiger partial charge in [0.2, 0.25) is 9.84 Å². The smallest absolute Gasteiger partial charge is 0.212 e. The Kier molecular flexibility index (Phi) is 1.59. The van der Waals surface area contributed by atoms with Crippen LogP contribution in [0.1, 0.15) is 0 Å². The van der Waals surface area contributed by atoms with Crippen LogP contribution in [-0.2, 0) is 9.84 Å². The molecule has 0 spiro atoms. The fraction of sp³-hybridized carbons (Fsp3) is 0. The van der Waals surface area contributed by atoms with Gasteiger partial charge in [0, 0.05) is 5.41 Å². The third-order valence-electron chi connectivity index (χ3n) is 0.831. The fourth-order valence-electron chi connectivity index (χ4n) is 0.410. The average Bonchev–Trinajstić information content (AvgIpc) is 1.97. The minimum atomic E-state index is -3.34. The van der Waals surface area contributed by atoms with Crippen LogP contribution in [0.25, 0.3) is 0 Å². The quantitative estimate of drug-likeness (QED) is 0.574. The lowest BCUT2D eigenvalue weighted by molar-refractivity contribution is 0.612. The summed E-state index contributed by atoms with van der Waals surface area (Å²) in [4.78, 5) is 0. The van der Waals surface area contributed by atoms with Gasteiger partial charge in [0.15, 0.2) is 4.36 Å². The summed E-state index contributed by atoms with van der Waals surface area (Å²) in [5.41, 5.74) is 0. The van der Waals surface area contributed by atoms with Crippen molar-refractivity contribution in [2.24, 2.45) is 0 Å². The van der Waals surface area contributed by atoms with Gasteiger partial charge in [-0.2, -0.15) is 0 Å². The van der Waals surface area contributed by atoms with E-state index < -0.39 is 9.84 Å². The van der Waals surface area contributed by atoms with Crippen LogP contribution in [-0.4, -0.2) is 8.42 Å². The van der Waals surface area contributed by atoms with Crippen LogP contribution in [0.5, 0.6) is 0 Å². The third kappa shape index (κ3) is 1.13. The maximum absolute atomic E-state index is 10.6. The van der Waals surface area contributed by atoms with Gasteiger partial charge in [0.05, 0.1) is 5.03 Å². The van der Waals surface area contributed by atoms with E-state index in [2.05, 4.69) is 0 Å². The van der Waals surface area contributed by atoms with Crippen LogP contribution >= 0.6 is 23.2 Å². The second kappa shape index (κ2) is 2.01. The molecule has 0 unspecified atom stereocenters. The van der Waals surface area contributed by atoms with Gasteiger partial charge in [-0.1, -0.05) is 23.2 Å². The first-order valence-corrected chi connectivity index (χ1v) is 4.33. The van der Waals surface area contributed by atoms with Gasteiger partial charge in [-0.05, 0) is 6.08 Å². The Hall–Kier alpha value is 0.01000. The summed E-state index contributed by atoms with van der Waals surface area (Å²) >= 11 is 10.6. The predicted octanol–water partition coefficient (Wildman–Crippen LogP) is 1.58. The van der Waals surface area contributed by atoms with E-state index in [9.17, 15) is 8.42 Å². The van der Waals surface area contributed by atoms with Gasteiger partial charge in [-0.15, -0.1) is 0 Å². The predicted molar refractivity (Wildman–Crippen MR) is 36.8 cm³/mol. The highest BCUT2D eigenvalue weighted by Crippen LogP contribution is 2.28. The molecule has 0 amide bonds. The third-order valence-corrected chi connectivity index (χ3v) is 3.42. The van der Waals surface area contributed by atoms with Crippen LogP contribution in [0.3, 0.4) is 0 Å². The number of halogens is 2. The maximum atomic E-state index is 10.6. The summed E-state index contributed by atoms with van der Waals surface area (Å²) in [5, 5.41) is 1.05. The zero-order chi connectivity index (χ0) is 7.07. The molecule has 50 valence electrons. The highest BCUT2D eigenvalue weighted by molar-refractivity contribution is 7.99. The molecule has 0 bridgehead atoms. The molecule has 0 aromatic heterocycles. The Balaban J connectivity index is 3.34. The molecule has 5 heteroatoms. The van der Waals surface area contributed by atoms with Crippen molar-refractivity contribution in [3.05, 3.63) is 20.9 Å². The van der Waals surface area contributed by atoms with Gasteiger partial charge < -0.3 is 0 Å². The lowest BCUT2D eigenvalue weighted by atomic mass is 10.6. The fourth-order valence-corrected chi connectivity index (χ4v) is 1.86. The molecule has 0 atom stereocenters. The van der Waals surface area contributed by atoms with Gasteiger partial charge >= 0.3 is 0 Å². The lowest BCUT2D eigenvalue weighted by Gasteiger charge is -1.86. The van der Waals surface area contributed by atoms with Crippen molar-refractivity contribution in [2.45, 2.75) is 0 Å².